The summed E-state index contributed by atoms with van der Waals surface area (Å²) in [6.07, 6.45) is 5.88. The van der Waals surface area contributed by atoms with Gasteiger partial charge in [-0.25, -0.2) is 4.39 Å². The number of anilines is 2. The number of nitrogens with zero attached hydrogens (tertiary/aromatic N) is 4. The van der Waals surface area contributed by atoms with Crippen LogP contribution in [0.1, 0.15) is 42.9 Å². The van der Waals surface area contributed by atoms with Gasteiger partial charge in [0.15, 0.2) is 11.6 Å². The van der Waals surface area contributed by atoms with E-state index in [9.17, 15) is 9.18 Å². The number of carbonyl (C=O) groups is 1. The van der Waals surface area contributed by atoms with Crippen molar-refractivity contribution in [2.45, 2.75) is 44.1 Å². The fraction of sp³-hybridized carbons (Fsp3) is 0.381. The van der Waals surface area contributed by atoms with Gasteiger partial charge in [-0.3, -0.25) is 4.79 Å². The van der Waals surface area contributed by atoms with E-state index in [2.05, 4.69) is 31.0 Å². The van der Waals surface area contributed by atoms with Crippen LogP contribution in [0.2, 0.25) is 0 Å². The Morgan fingerprint density at radius 2 is 1.97 bits per heavy atom. The molecule has 0 aliphatic heterocycles. The van der Waals surface area contributed by atoms with Crippen LogP contribution < -0.4 is 15.4 Å². The highest BCUT2D eigenvalue weighted by molar-refractivity contribution is 7.19. The summed E-state index contributed by atoms with van der Waals surface area (Å²) in [7, 11) is 1.39. The van der Waals surface area contributed by atoms with Crippen molar-refractivity contribution in [3.8, 4) is 5.75 Å². The maximum absolute atomic E-state index is 13.5. The molecule has 1 fully saturated rings. The fourth-order valence-electron chi connectivity index (χ4n) is 3.73. The van der Waals surface area contributed by atoms with Crippen LogP contribution in [0.5, 0.6) is 5.75 Å². The molecule has 4 rings (SSSR count). The van der Waals surface area contributed by atoms with Crippen molar-refractivity contribution in [1.82, 2.24) is 20.4 Å². The summed E-state index contributed by atoms with van der Waals surface area (Å²) >= 11 is 1.30. The lowest BCUT2D eigenvalue weighted by Crippen LogP contribution is -2.25. The first-order valence-electron chi connectivity index (χ1n) is 10.1. The normalized spacial score (nSPS) is 18.4. The number of amides is 1. The van der Waals surface area contributed by atoms with Crippen LogP contribution in [-0.4, -0.2) is 39.5 Å². The first kappa shape index (κ1) is 21.1. The topological polar surface area (TPSA) is 102 Å². The highest BCUT2D eigenvalue weighted by atomic mass is 32.1. The van der Waals surface area contributed by atoms with E-state index >= 15 is 0 Å². The third kappa shape index (κ3) is 5.52. The molecule has 0 radical (unpaired) electrons. The highest BCUT2D eigenvalue weighted by Crippen LogP contribution is 2.33. The zero-order valence-electron chi connectivity index (χ0n) is 17.0. The Morgan fingerprint density at radius 1 is 1.16 bits per heavy atom. The highest BCUT2D eigenvalue weighted by Gasteiger charge is 2.24. The molecule has 10 heteroatoms. The number of hydrogen-bond acceptors (Lipinski definition) is 8. The lowest BCUT2D eigenvalue weighted by Gasteiger charge is -2.28. The van der Waals surface area contributed by atoms with Gasteiger partial charge in [0.05, 0.1) is 19.2 Å². The van der Waals surface area contributed by atoms with Crippen molar-refractivity contribution in [1.29, 1.82) is 0 Å². The van der Waals surface area contributed by atoms with Gasteiger partial charge in [0, 0.05) is 18.2 Å². The van der Waals surface area contributed by atoms with E-state index in [0.717, 1.165) is 31.4 Å². The van der Waals surface area contributed by atoms with Crippen LogP contribution in [0.3, 0.4) is 0 Å². The molecule has 31 heavy (non-hydrogen) atoms. The number of rotatable bonds is 7. The third-order valence-electron chi connectivity index (χ3n) is 5.32. The Hall–Kier alpha value is -3.14. The number of hydrogen-bond donors (Lipinski definition) is 2. The summed E-state index contributed by atoms with van der Waals surface area (Å²) in [5.41, 5.74) is 1.71. The van der Waals surface area contributed by atoms with E-state index in [1.165, 1.54) is 30.6 Å². The Labute approximate surface area is 183 Å². The maximum atomic E-state index is 13.5. The molecule has 0 saturated heterocycles. The van der Waals surface area contributed by atoms with E-state index in [1.807, 2.05) is 12.1 Å². The average Bonchev–Trinajstić information content (AvgIpc) is 3.22. The van der Waals surface area contributed by atoms with Crippen LogP contribution in [0.25, 0.3) is 0 Å². The van der Waals surface area contributed by atoms with Crippen molar-refractivity contribution in [2.24, 2.45) is 0 Å². The molecule has 3 aromatic rings. The van der Waals surface area contributed by atoms with Gasteiger partial charge in [-0.1, -0.05) is 17.4 Å². The van der Waals surface area contributed by atoms with E-state index in [1.54, 1.807) is 12.3 Å². The van der Waals surface area contributed by atoms with E-state index in [0.29, 0.717) is 27.8 Å². The SMILES string of the molecule is COc1cc(CC(=O)Nc2nnc(N[C@H]3CC[C@H](c4cccnn4)CC3)s2)ccc1F. The summed E-state index contributed by atoms with van der Waals surface area (Å²) < 4.78 is 18.5. The first-order chi connectivity index (χ1) is 15.1. The quantitative estimate of drug-likeness (QED) is 0.574. The molecule has 1 aliphatic carbocycles. The number of ether oxygens (including phenoxy) is 1. The van der Waals surface area contributed by atoms with Crippen LogP contribution >= 0.6 is 11.3 Å². The molecular weight excluding hydrogens is 419 g/mol. The molecule has 2 aromatic heterocycles. The number of carbonyl (C=O) groups excluding carboxylic acids is 1. The largest absolute Gasteiger partial charge is 0.494 e. The summed E-state index contributed by atoms with van der Waals surface area (Å²) in [4.78, 5) is 12.3. The van der Waals surface area contributed by atoms with Gasteiger partial charge < -0.3 is 15.4 Å². The second-order valence-electron chi connectivity index (χ2n) is 7.45. The lowest BCUT2D eigenvalue weighted by molar-refractivity contribution is -0.115. The molecule has 1 saturated carbocycles. The average molecular weight is 443 g/mol. The summed E-state index contributed by atoms with van der Waals surface area (Å²) in [5.74, 6) is -0.152. The molecule has 0 bridgehead atoms. The predicted octanol–water partition coefficient (Wildman–Crippen LogP) is 3.80. The molecule has 1 amide bonds. The molecule has 0 spiro atoms. The van der Waals surface area contributed by atoms with Gasteiger partial charge in [-0.05, 0) is 55.5 Å². The molecule has 2 heterocycles. The molecule has 2 N–H and O–H groups in total. The Kier molecular flexibility index (Phi) is 6.66. The van der Waals surface area contributed by atoms with Crippen molar-refractivity contribution < 1.29 is 13.9 Å². The van der Waals surface area contributed by atoms with Gasteiger partial charge >= 0.3 is 0 Å². The van der Waals surface area contributed by atoms with Crippen molar-refractivity contribution in [2.75, 3.05) is 17.7 Å². The van der Waals surface area contributed by atoms with E-state index in [-0.39, 0.29) is 18.1 Å². The summed E-state index contributed by atoms with van der Waals surface area (Å²) in [6.45, 7) is 0. The van der Waals surface area contributed by atoms with Crippen molar-refractivity contribution in [3.05, 3.63) is 53.6 Å². The molecule has 162 valence electrons. The second kappa shape index (κ2) is 9.78. The Morgan fingerprint density at radius 3 is 2.71 bits per heavy atom. The van der Waals surface area contributed by atoms with Crippen LogP contribution in [0.15, 0.2) is 36.5 Å². The zero-order chi connectivity index (χ0) is 21.6. The number of aromatic nitrogens is 4. The number of methoxy groups -OCH3 is 1. The first-order valence-corrected chi connectivity index (χ1v) is 10.9. The standard InChI is InChI=1S/C21H23FN6O2S/c1-30-18-11-13(4-9-16(18)22)12-19(29)25-21-28-27-20(31-21)24-15-7-5-14(6-8-15)17-3-2-10-23-26-17/h2-4,9-11,14-15H,5-8,12H2,1H3,(H,24,27)(H,25,28,29)/t14-,15-. The van der Waals surface area contributed by atoms with Crippen LogP contribution in [-0.2, 0) is 11.2 Å². The predicted molar refractivity (Wildman–Crippen MR) is 116 cm³/mol. The summed E-state index contributed by atoms with van der Waals surface area (Å²) in [6, 6.07) is 8.63. The zero-order valence-corrected chi connectivity index (χ0v) is 17.9. The van der Waals surface area contributed by atoms with E-state index in [4.69, 9.17) is 4.74 Å². The van der Waals surface area contributed by atoms with Gasteiger partial charge in [0.1, 0.15) is 0 Å². The Balaban J connectivity index is 1.26. The second-order valence-corrected chi connectivity index (χ2v) is 8.43. The van der Waals surface area contributed by atoms with Crippen molar-refractivity contribution >= 4 is 27.5 Å². The monoisotopic (exact) mass is 442 g/mol. The summed E-state index contributed by atoms with van der Waals surface area (Å²) in [5, 5.41) is 23.7. The molecule has 1 aliphatic rings. The van der Waals surface area contributed by atoms with Gasteiger partial charge in [0.25, 0.3) is 0 Å². The number of halogens is 1. The van der Waals surface area contributed by atoms with Crippen molar-refractivity contribution in [3.63, 3.8) is 0 Å². The maximum Gasteiger partial charge on any atom is 0.230 e. The van der Waals surface area contributed by atoms with Gasteiger partial charge in [-0.15, -0.1) is 10.2 Å². The fourth-order valence-corrected chi connectivity index (χ4v) is 4.47. The number of nitrogens with one attached hydrogen (secondary N) is 2. The minimum atomic E-state index is -0.461. The van der Waals surface area contributed by atoms with Crippen LogP contribution in [0.4, 0.5) is 14.7 Å². The minimum Gasteiger partial charge on any atom is -0.494 e. The van der Waals surface area contributed by atoms with E-state index < -0.39 is 5.82 Å². The molecule has 1 aromatic carbocycles. The lowest BCUT2D eigenvalue weighted by atomic mass is 9.84. The van der Waals surface area contributed by atoms with Crippen LogP contribution in [0, 0.1) is 5.82 Å². The smallest absolute Gasteiger partial charge is 0.230 e. The molecule has 0 unspecified atom stereocenters. The van der Waals surface area contributed by atoms with Gasteiger partial charge in [0.2, 0.25) is 16.2 Å². The van der Waals surface area contributed by atoms with Gasteiger partial charge in [-0.2, -0.15) is 10.2 Å². The Bertz CT molecular complexity index is 1020. The third-order valence-corrected chi connectivity index (χ3v) is 6.09. The number of benzene rings is 1. The molecule has 0 atom stereocenters. The molecule has 8 nitrogen and oxygen atoms in total. The minimum absolute atomic E-state index is 0.0887. The molecular formula is C21H23FN6O2S.